The number of allylic oxidation sites excluding steroid dienone is 2. The first kappa shape index (κ1) is 26.7. The number of unbranched alkanes of at least 4 members (excludes halogenated alkanes) is 12. The van der Waals surface area contributed by atoms with Crippen LogP contribution in [0.1, 0.15) is 107 Å². The number of rotatable bonds is 18. The Kier molecular flexibility index (Phi) is 14.9. The normalized spacial score (nSPS) is 11.1. The zero-order valence-corrected chi connectivity index (χ0v) is 19.1. The lowest BCUT2D eigenvalue weighted by Gasteiger charge is -2.07. The van der Waals surface area contributed by atoms with Gasteiger partial charge in [-0.1, -0.05) is 82.9 Å². The van der Waals surface area contributed by atoms with Crippen LogP contribution in [0, 0.1) is 10.1 Å². The molecule has 6 nitrogen and oxygen atoms in total. The number of nitro benzene ring substituents is 1. The summed E-state index contributed by atoms with van der Waals surface area (Å²) in [4.78, 5) is 22.2. The molecular weight excluding hydrogens is 392 g/mol. The third-order valence-electron chi connectivity index (χ3n) is 5.43. The molecule has 174 valence electrons. The summed E-state index contributed by atoms with van der Waals surface area (Å²) in [5.74, 6) is -1.06. The molecule has 6 heteroatoms. The van der Waals surface area contributed by atoms with Crippen molar-refractivity contribution in [1.29, 1.82) is 0 Å². The van der Waals surface area contributed by atoms with Gasteiger partial charge in [-0.15, -0.1) is 0 Å². The second-order valence-electron chi connectivity index (χ2n) is 8.12. The standard InChI is InChI=1S/C25H40N2O4/c1-2-3-4-5-6-7-8-9-10-11-12-13-14-15-16-17-21-26-25(29)22-19-18-20-23(24(22)28)27(30)31/h9-10,18-20,28H,2-8,11-17,21H2,1H3,(H,26,29)/b10-9+. The molecule has 0 spiro atoms. The summed E-state index contributed by atoms with van der Waals surface area (Å²) in [6, 6.07) is 3.97. The number of nitrogens with zero attached hydrogens (tertiary/aromatic N) is 1. The summed E-state index contributed by atoms with van der Waals surface area (Å²) in [5, 5.41) is 23.4. The number of aromatic hydroxyl groups is 1. The van der Waals surface area contributed by atoms with E-state index < -0.39 is 22.3 Å². The molecule has 0 saturated carbocycles. The van der Waals surface area contributed by atoms with Crippen LogP contribution in [0.15, 0.2) is 30.4 Å². The van der Waals surface area contributed by atoms with Gasteiger partial charge in [0.1, 0.15) is 0 Å². The van der Waals surface area contributed by atoms with Gasteiger partial charge in [0.25, 0.3) is 5.91 Å². The Hall–Kier alpha value is -2.37. The van der Waals surface area contributed by atoms with E-state index in [2.05, 4.69) is 24.4 Å². The number of nitro groups is 1. The number of benzene rings is 1. The van der Waals surface area contributed by atoms with Gasteiger partial charge in [0.05, 0.1) is 10.5 Å². The summed E-state index contributed by atoms with van der Waals surface area (Å²) >= 11 is 0. The van der Waals surface area contributed by atoms with Crippen molar-refractivity contribution in [3.8, 4) is 5.75 Å². The smallest absolute Gasteiger partial charge is 0.311 e. The van der Waals surface area contributed by atoms with Gasteiger partial charge in [0.15, 0.2) is 0 Å². The number of carbonyl (C=O) groups is 1. The van der Waals surface area contributed by atoms with E-state index in [4.69, 9.17) is 0 Å². The van der Waals surface area contributed by atoms with Crippen molar-refractivity contribution >= 4 is 11.6 Å². The van der Waals surface area contributed by atoms with E-state index in [1.807, 2.05) is 0 Å². The van der Waals surface area contributed by atoms with Crippen LogP contribution in [-0.4, -0.2) is 22.5 Å². The topological polar surface area (TPSA) is 92.5 Å². The number of amides is 1. The summed E-state index contributed by atoms with van der Waals surface area (Å²) in [7, 11) is 0. The molecule has 0 aliphatic carbocycles. The highest BCUT2D eigenvalue weighted by Gasteiger charge is 2.20. The first-order chi connectivity index (χ1) is 15.1. The third-order valence-corrected chi connectivity index (χ3v) is 5.43. The fourth-order valence-electron chi connectivity index (χ4n) is 3.53. The van der Waals surface area contributed by atoms with Gasteiger partial charge in [-0.3, -0.25) is 14.9 Å². The molecule has 31 heavy (non-hydrogen) atoms. The number of nitrogens with one attached hydrogen (secondary N) is 1. The molecule has 0 bridgehead atoms. The number of carbonyl (C=O) groups excluding carboxylic acids is 1. The quantitative estimate of drug-likeness (QED) is 0.112. The molecule has 0 aliphatic heterocycles. The molecular formula is C25H40N2O4. The van der Waals surface area contributed by atoms with Crippen molar-refractivity contribution in [2.75, 3.05) is 6.54 Å². The molecule has 0 aromatic heterocycles. The van der Waals surface area contributed by atoms with Crippen LogP contribution in [0.3, 0.4) is 0 Å². The van der Waals surface area contributed by atoms with Crippen molar-refractivity contribution in [2.45, 2.75) is 96.8 Å². The van der Waals surface area contributed by atoms with Crippen LogP contribution in [0.25, 0.3) is 0 Å². The van der Waals surface area contributed by atoms with Crippen LogP contribution in [0.4, 0.5) is 5.69 Å². The second-order valence-corrected chi connectivity index (χ2v) is 8.12. The molecule has 0 unspecified atom stereocenters. The van der Waals surface area contributed by atoms with Gasteiger partial charge in [0, 0.05) is 12.6 Å². The number of para-hydroxylation sites is 1. The van der Waals surface area contributed by atoms with Gasteiger partial charge in [-0.05, 0) is 38.2 Å². The Morgan fingerprint density at radius 1 is 0.935 bits per heavy atom. The van der Waals surface area contributed by atoms with Crippen LogP contribution in [0.5, 0.6) is 5.75 Å². The maximum absolute atomic E-state index is 12.1. The molecule has 0 fully saturated rings. The van der Waals surface area contributed by atoms with Gasteiger partial charge in [-0.25, -0.2) is 0 Å². The van der Waals surface area contributed by atoms with Gasteiger partial charge in [0.2, 0.25) is 5.75 Å². The number of hydrogen-bond acceptors (Lipinski definition) is 4. The summed E-state index contributed by atoms with van der Waals surface area (Å²) < 4.78 is 0. The second kappa shape index (κ2) is 17.3. The molecule has 0 saturated heterocycles. The van der Waals surface area contributed by atoms with E-state index >= 15 is 0 Å². The van der Waals surface area contributed by atoms with E-state index in [9.17, 15) is 20.0 Å². The minimum atomic E-state index is -0.697. The van der Waals surface area contributed by atoms with Gasteiger partial charge < -0.3 is 10.4 Å². The predicted molar refractivity (Wildman–Crippen MR) is 127 cm³/mol. The maximum atomic E-state index is 12.1. The summed E-state index contributed by atoms with van der Waals surface area (Å²) in [6.07, 6.45) is 21.9. The van der Waals surface area contributed by atoms with Crippen LogP contribution >= 0.6 is 0 Å². The van der Waals surface area contributed by atoms with Crippen LogP contribution < -0.4 is 5.32 Å². The Bertz CT molecular complexity index is 673. The molecule has 0 radical (unpaired) electrons. The molecule has 2 N–H and O–H groups in total. The lowest BCUT2D eigenvalue weighted by Crippen LogP contribution is -2.24. The zero-order valence-electron chi connectivity index (χ0n) is 19.1. The SMILES string of the molecule is CCCCCCCC/C=C/CCCCCCCCNC(=O)c1cccc([N+](=O)[O-])c1O. The molecule has 1 aromatic rings. The molecule has 0 atom stereocenters. The van der Waals surface area contributed by atoms with Crippen molar-refractivity contribution in [3.05, 3.63) is 46.0 Å². The maximum Gasteiger partial charge on any atom is 0.311 e. The average molecular weight is 433 g/mol. The van der Waals surface area contributed by atoms with Crippen LogP contribution in [-0.2, 0) is 0 Å². The molecule has 0 aliphatic rings. The average Bonchev–Trinajstić information content (AvgIpc) is 2.75. The van der Waals surface area contributed by atoms with Crippen molar-refractivity contribution in [2.24, 2.45) is 0 Å². The van der Waals surface area contributed by atoms with E-state index in [0.717, 1.165) is 19.3 Å². The van der Waals surface area contributed by atoms with Gasteiger partial charge >= 0.3 is 5.69 Å². The largest absolute Gasteiger partial charge is 0.502 e. The predicted octanol–water partition coefficient (Wildman–Crippen LogP) is 7.07. The zero-order chi connectivity index (χ0) is 22.7. The Labute approximate surface area is 187 Å². The number of phenolic OH excluding ortho intramolecular Hbond substituents is 1. The first-order valence-electron chi connectivity index (χ1n) is 12.0. The molecule has 1 aromatic carbocycles. The molecule has 0 heterocycles. The highest BCUT2D eigenvalue weighted by molar-refractivity contribution is 5.98. The van der Waals surface area contributed by atoms with Crippen molar-refractivity contribution in [1.82, 2.24) is 5.32 Å². The lowest BCUT2D eigenvalue weighted by molar-refractivity contribution is -0.385. The fourth-order valence-corrected chi connectivity index (χ4v) is 3.53. The van der Waals surface area contributed by atoms with Crippen molar-refractivity contribution in [3.63, 3.8) is 0 Å². The van der Waals surface area contributed by atoms with Gasteiger partial charge in [-0.2, -0.15) is 0 Å². The minimum absolute atomic E-state index is 0.0567. The molecule has 1 rings (SSSR count). The monoisotopic (exact) mass is 432 g/mol. The third kappa shape index (κ3) is 12.2. The minimum Gasteiger partial charge on any atom is -0.502 e. The van der Waals surface area contributed by atoms with E-state index in [0.29, 0.717) is 6.54 Å². The van der Waals surface area contributed by atoms with Crippen molar-refractivity contribution < 1.29 is 14.8 Å². The number of hydrogen-bond donors (Lipinski definition) is 2. The van der Waals surface area contributed by atoms with E-state index in [1.165, 1.54) is 88.8 Å². The highest BCUT2D eigenvalue weighted by atomic mass is 16.6. The van der Waals surface area contributed by atoms with E-state index in [-0.39, 0.29) is 5.56 Å². The Balaban J connectivity index is 1.98. The fraction of sp³-hybridized carbons (Fsp3) is 0.640. The lowest BCUT2D eigenvalue weighted by atomic mass is 10.1. The van der Waals surface area contributed by atoms with Crippen LogP contribution in [0.2, 0.25) is 0 Å². The van der Waals surface area contributed by atoms with E-state index in [1.54, 1.807) is 0 Å². The highest BCUT2D eigenvalue weighted by Crippen LogP contribution is 2.29. The summed E-state index contributed by atoms with van der Waals surface area (Å²) in [6.45, 7) is 2.75. The molecule has 1 amide bonds. The first-order valence-corrected chi connectivity index (χ1v) is 12.0. The summed E-state index contributed by atoms with van der Waals surface area (Å²) in [5.41, 5.74) is -0.511. The Morgan fingerprint density at radius 3 is 2.06 bits per heavy atom. The Morgan fingerprint density at radius 2 is 1.48 bits per heavy atom. The number of phenols is 1.